The Hall–Kier alpha value is -1.40. The monoisotopic (exact) mass is 277 g/mol. The molecule has 2 fully saturated rings. The Labute approximate surface area is 119 Å². The Morgan fingerprint density at radius 1 is 1.25 bits per heavy atom. The summed E-state index contributed by atoms with van der Waals surface area (Å²) in [6.07, 6.45) is 5.36. The summed E-state index contributed by atoms with van der Waals surface area (Å²) in [5.74, 6) is 9.27. The lowest BCUT2D eigenvalue weighted by Gasteiger charge is -2.19. The van der Waals surface area contributed by atoms with Gasteiger partial charge in [0.1, 0.15) is 18.2 Å². The molecule has 4 N–H and O–H groups in total. The zero-order chi connectivity index (χ0) is 13.9. The Bertz CT molecular complexity index is 447. The standard InChI is InChI=1S/C14H23N5O/c1-2-20-8-13-16-11(7-12(17-13)19-15)18-14(9-3-4-9)10-5-6-10/h7,9-10,14H,2-6,8,15H2,1H3,(H2,16,17,18,19). The highest BCUT2D eigenvalue weighted by molar-refractivity contribution is 5.48. The number of anilines is 2. The fraction of sp³-hybridized carbons (Fsp3) is 0.714. The van der Waals surface area contributed by atoms with Crippen molar-refractivity contribution < 1.29 is 4.74 Å². The van der Waals surface area contributed by atoms with Gasteiger partial charge in [0.05, 0.1) is 0 Å². The van der Waals surface area contributed by atoms with E-state index in [4.69, 9.17) is 10.6 Å². The predicted molar refractivity (Wildman–Crippen MR) is 78.0 cm³/mol. The summed E-state index contributed by atoms with van der Waals surface area (Å²) in [7, 11) is 0. The molecule has 2 aliphatic rings. The molecule has 0 atom stereocenters. The number of nitrogens with two attached hydrogens (primary N) is 1. The number of hydrazine groups is 1. The molecule has 3 rings (SSSR count). The minimum atomic E-state index is 0.415. The quantitative estimate of drug-likeness (QED) is 0.497. The van der Waals surface area contributed by atoms with E-state index in [0.29, 0.717) is 30.9 Å². The first kappa shape index (κ1) is 13.6. The Morgan fingerprint density at radius 2 is 1.90 bits per heavy atom. The van der Waals surface area contributed by atoms with Crippen LogP contribution in [0.25, 0.3) is 0 Å². The van der Waals surface area contributed by atoms with Crippen LogP contribution in [0.4, 0.5) is 11.6 Å². The Balaban J connectivity index is 1.72. The lowest BCUT2D eigenvalue weighted by molar-refractivity contribution is 0.128. The summed E-state index contributed by atoms with van der Waals surface area (Å²) in [4.78, 5) is 8.84. The van der Waals surface area contributed by atoms with Gasteiger partial charge in [0.25, 0.3) is 0 Å². The van der Waals surface area contributed by atoms with E-state index in [1.165, 1.54) is 25.7 Å². The van der Waals surface area contributed by atoms with Gasteiger partial charge in [0, 0.05) is 18.7 Å². The van der Waals surface area contributed by atoms with Crippen molar-refractivity contribution in [1.82, 2.24) is 9.97 Å². The second-order valence-corrected chi connectivity index (χ2v) is 5.68. The van der Waals surface area contributed by atoms with Gasteiger partial charge < -0.3 is 15.5 Å². The summed E-state index contributed by atoms with van der Waals surface area (Å²) in [5.41, 5.74) is 2.60. The van der Waals surface area contributed by atoms with Crippen molar-refractivity contribution in [2.24, 2.45) is 17.7 Å². The maximum Gasteiger partial charge on any atom is 0.158 e. The minimum Gasteiger partial charge on any atom is -0.374 e. The lowest BCUT2D eigenvalue weighted by Crippen LogP contribution is -2.25. The molecule has 0 bridgehead atoms. The number of hydrogen-bond donors (Lipinski definition) is 3. The Kier molecular flexibility index (Phi) is 4.03. The highest BCUT2D eigenvalue weighted by Gasteiger charge is 2.41. The average molecular weight is 277 g/mol. The summed E-state index contributed by atoms with van der Waals surface area (Å²) in [5, 5.41) is 3.59. The van der Waals surface area contributed by atoms with Crippen LogP contribution in [0.15, 0.2) is 6.07 Å². The second-order valence-electron chi connectivity index (χ2n) is 5.68. The molecule has 20 heavy (non-hydrogen) atoms. The molecule has 0 unspecified atom stereocenters. The highest BCUT2D eigenvalue weighted by atomic mass is 16.5. The van der Waals surface area contributed by atoms with Crippen molar-refractivity contribution in [2.45, 2.75) is 45.3 Å². The van der Waals surface area contributed by atoms with E-state index in [0.717, 1.165) is 17.7 Å². The first-order chi connectivity index (χ1) is 9.80. The lowest BCUT2D eigenvalue weighted by atomic mass is 10.1. The molecule has 0 amide bonds. The van der Waals surface area contributed by atoms with Gasteiger partial charge >= 0.3 is 0 Å². The fourth-order valence-corrected chi connectivity index (χ4v) is 2.60. The zero-order valence-electron chi connectivity index (χ0n) is 11.9. The van der Waals surface area contributed by atoms with Crippen LogP contribution in [0, 0.1) is 11.8 Å². The first-order valence-corrected chi connectivity index (χ1v) is 7.49. The summed E-state index contributed by atoms with van der Waals surface area (Å²) < 4.78 is 5.38. The van der Waals surface area contributed by atoms with Gasteiger partial charge in [0.2, 0.25) is 0 Å². The third kappa shape index (κ3) is 3.37. The minimum absolute atomic E-state index is 0.415. The van der Waals surface area contributed by atoms with Crippen molar-refractivity contribution in [2.75, 3.05) is 17.3 Å². The third-order valence-electron chi connectivity index (χ3n) is 3.93. The largest absolute Gasteiger partial charge is 0.374 e. The van der Waals surface area contributed by atoms with Crippen LogP contribution in [0.1, 0.15) is 38.4 Å². The molecule has 1 aromatic heterocycles. The summed E-state index contributed by atoms with van der Waals surface area (Å²) in [6.45, 7) is 3.03. The fourth-order valence-electron chi connectivity index (χ4n) is 2.60. The van der Waals surface area contributed by atoms with Gasteiger partial charge in [-0.15, -0.1) is 0 Å². The van der Waals surface area contributed by atoms with Crippen LogP contribution < -0.4 is 16.6 Å². The van der Waals surface area contributed by atoms with Gasteiger partial charge in [-0.3, -0.25) is 0 Å². The van der Waals surface area contributed by atoms with E-state index in [-0.39, 0.29) is 0 Å². The number of nitrogen functional groups attached to an aromatic ring is 1. The molecule has 0 aliphatic heterocycles. The van der Waals surface area contributed by atoms with Crippen molar-refractivity contribution in [3.63, 3.8) is 0 Å². The summed E-state index contributed by atoms with van der Waals surface area (Å²) in [6, 6.07) is 2.43. The second kappa shape index (κ2) is 5.93. The average Bonchev–Trinajstić information content (AvgIpc) is 3.35. The Morgan fingerprint density at radius 3 is 2.45 bits per heavy atom. The van der Waals surface area contributed by atoms with E-state index in [9.17, 15) is 0 Å². The van der Waals surface area contributed by atoms with Crippen LogP contribution in [0.5, 0.6) is 0 Å². The van der Waals surface area contributed by atoms with E-state index >= 15 is 0 Å². The highest BCUT2D eigenvalue weighted by Crippen LogP contribution is 2.45. The molecule has 0 radical (unpaired) electrons. The van der Waals surface area contributed by atoms with Crippen molar-refractivity contribution >= 4 is 11.6 Å². The molecule has 110 valence electrons. The first-order valence-electron chi connectivity index (χ1n) is 7.49. The molecule has 6 nitrogen and oxygen atoms in total. The number of rotatable bonds is 8. The van der Waals surface area contributed by atoms with Gasteiger partial charge in [-0.1, -0.05) is 0 Å². The number of ether oxygens (including phenoxy) is 1. The SMILES string of the molecule is CCOCc1nc(NN)cc(NC(C2CC2)C2CC2)n1. The van der Waals surface area contributed by atoms with Gasteiger partial charge in [-0.05, 0) is 44.4 Å². The van der Waals surface area contributed by atoms with Gasteiger partial charge in [-0.2, -0.15) is 0 Å². The molecule has 6 heteroatoms. The normalized spacial score (nSPS) is 18.4. The molecule has 0 saturated heterocycles. The van der Waals surface area contributed by atoms with Crippen molar-refractivity contribution in [3.05, 3.63) is 11.9 Å². The molecular weight excluding hydrogens is 254 g/mol. The third-order valence-corrected chi connectivity index (χ3v) is 3.93. The number of hydrogen-bond acceptors (Lipinski definition) is 6. The van der Waals surface area contributed by atoms with Crippen molar-refractivity contribution in [3.8, 4) is 0 Å². The van der Waals surface area contributed by atoms with Gasteiger partial charge in [-0.25, -0.2) is 15.8 Å². The van der Waals surface area contributed by atoms with Crippen molar-refractivity contribution in [1.29, 1.82) is 0 Å². The van der Waals surface area contributed by atoms with E-state index in [1.807, 2.05) is 13.0 Å². The molecule has 1 aromatic rings. The van der Waals surface area contributed by atoms with Gasteiger partial charge in [0.15, 0.2) is 5.82 Å². The molecule has 2 saturated carbocycles. The number of nitrogens with zero attached hydrogens (tertiary/aromatic N) is 2. The van der Waals surface area contributed by atoms with E-state index < -0.39 is 0 Å². The van der Waals surface area contributed by atoms with Crippen LogP contribution >= 0.6 is 0 Å². The van der Waals surface area contributed by atoms with Crippen LogP contribution in [-0.2, 0) is 11.3 Å². The van der Waals surface area contributed by atoms with Crippen LogP contribution in [0.3, 0.4) is 0 Å². The molecular formula is C14H23N5O. The molecule has 1 heterocycles. The zero-order valence-corrected chi connectivity index (χ0v) is 11.9. The topological polar surface area (TPSA) is 85.1 Å². The van der Waals surface area contributed by atoms with E-state index in [1.54, 1.807) is 0 Å². The number of aromatic nitrogens is 2. The van der Waals surface area contributed by atoms with Crippen LogP contribution in [-0.4, -0.2) is 22.6 Å². The predicted octanol–water partition coefficient (Wildman–Crippen LogP) is 1.90. The van der Waals surface area contributed by atoms with E-state index in [2.05, 4.69) is 20.7 Å². The maximum atomic E-state index is 5.48. The summed E-state index contributed by atoms with van der Waals surface area (Å²) >= 11 is 0. The molecule has 0 aromatic carbocycles. The number of nitrogens with one attached hydrogen (secondary N) is 2. The van der Waals surface area contributed by atoms with Crippen LogP contribution in [0.2, 0.25) is 0 Å². The maximum absolute atomic E-state index is 5.48. The molecule has 0 spiro atoms. The smallest absolute Gasteiger partial charge is 0.158 e. The molecule has 2 aliphatic carbocycles.